The minimum atomic E-state index is -1.03. The van der Waals surface area contributed by atoms with E-state index in [1.165, 1.54) is 18.3 Å². The SMILES string of the molecule is O=C(NCc1cn[nH]c1)NCc1cc(C(=O)O)ccn1. The van der Waals surface area contributed by atoms with E-state index in [1.807, 2.05) is 0 Å². The molecule has 0 aliphatic rings. The van der Waals surface area contributed by atoms with Crippen LogP contribution in [-0.2, 0) is 13.1 Å². The largest absolute Gasteiger partial charge is 0.478 e. The fourth-order valence-electron chi connectivity index (χ4n) is 1.50. The Balaban J connectivity index is 1.81. The summed E-state index contributed by atoms with van der Waals surface area (Å²) in [5, 5.41) is 20.5. The van der Waals surface area contributed by atoms with Crippen LogP contribution in [0.15, 0.2) is 30.7 Å². The first-order chi connectivity index (χ1) is 9.65. The van der Waals surface area contributed by atoms with Gasteiger partial charge in [-0.05, 0) is 12.1 Å². The summed E-state index contributed by atoms with van der Waals surface area (Å²) in [6.07, 6.45) is 4.68. The van der Waals surface area contributed by atoms with E-state index in [-0.39, 0.29) is 18.1 Å². The van der Waals surface area contributed by atoms with Crippen LogP contribution in [-0.4, -0.2) is 32.3 Å². The molecule has 4 N–H and O–H groups in total. The number of pyridine rings is 1. The maximum absolute atomic E-state index is 11.5. The normalized spacial score (nSPS) is 10.0. The Morgan fingerprint density at radius 2 is 2.10 bits per heavy atom. The molecule has 104 valence electrons. The van der Waals surface area contributed by atoms with Crippen molar-refractivity contribution in [2.75, 3.05) is 0 Å². The number of aromatic amines is 1. The Morgan fingerprint density at radius 1 is 1.30 bits per heavy atom. The van der Waals surface area contributed by atoms with Crippen molar-refractivity contribution in [3.63, 3.8) is 0 Å². The van der Waals surface area contributed by atoms with Gasteiger partial charge in [0.05, 0.1) is 24.0 Å². The molecule has 2 rings (SSSR count). The minimum absolute atomic E-state index is 0.135. The molecule has 0 aliphatic heterocycles. The van der Waals surface area contributed by atoms with E-state index in [0.29, 0.717) is 12.2 Å². The summed E-state index contributed by atoms with van der Waals surface area (Å²) < 4.78 is 0. The van der Waals surface area contributed by atoms with Gasteiger partial charge in [-0.3, -0.25) is 10.1 Å². The van der Waals surface area contributed by atoms with Gasteiger partial charge in [-0.25, -0.2) is 9.59 Å². The van der Waals surface area contributed by atoms with Crippen molar-refractivity contribution in [2.24, 2.45) is 0 Å². The highest BCUT2D eigenvalue weighted by molar-refractivity contribution is 5.87. The summed E-state index contributed by atoms with van der Waals surface area (Å²) >= 11 is 0. The molecule has 0 fully saturated rings. The number of carboxylic acid groups (broad SMARTS) is 1. The molecule has 0 aliphatic carbocycles. The van der Waals surface area contributed by atoms with Gasteiger partial charge in [-0.15, -0.1) is 0 Å². The van der Waals surface area contributed by atoms with Gasteiger partial charge >= 0.3 is 12.0 Å². The third-order valence-electron chi connectivity index (χ3n) is 2.50. The lowest BCUT2D eigenvalue weighted by atomic mass is 10.2. The van der Waals surface area contributed by atoms with Crippen molar-refractivity contribution in [1.29, 1.82) is 0 Å². The van der Waals surface area contributed by atoms with Crippen molar-refractivity contribution in [2.45, 2.75) is 13.1 Å². The summed E-state index contributed by atoms with van der Waals surface area (Å²) in [6, 6.07) is 2.44. The van der Waals surface area contributed by atoms with Gasteiger partial charge in [0.25, 0.3) is 0 Å². The van der Waals surface area contributed by atoms with Crippen LogP contribution < -0.4 is 10.6 Å². The summed E-state index contributed by atoms with van der Waals surface area (Å²) in [6.45, 7) is 0.503. The highest BCUT2D eigenvalue weighted by Crippen LogP contribution is 2.01. The zero-order valence-corrected chi connectivity index (χ0v) is 10.5. The molecule has 2 aromatic heterocycles. The van der Waals surface area contributed by atoms with Crippen LogP contribution in [0.2, 0.25) is 0 Å². The number of nitrogens with zero attached hydrogens (tertiary/aromatic N) is 2. The number of aromatic nitrogens is 3. The molecule has 2 heterocycles. The first-order valence-corrected chi connectivity index (χ1v) is 5.83. The van der Waals surface area contributed by atoms with Crippen LogP contribution in [0.1, 0.15) is 21.6 Å². The van der Waals surface area contributed by atoms with Gasteiger partial charge < -0.3 is 15.7 Å². The zero-order chi connectivity index (χ0) is 14.4. The summed E-state index contributed by atoms with van der Waals surface area (Å²) in [5.41, 5.74) is 1.46. The molecule has 0 radical (unpaired) electrons. The van der Waals surface area contributed by atoms with E-state index >= 15 is 0 Å². The van der Waals surface area contributed by atoms with E-state index in [4.69, 9.17) is 5.11 Å². The third kappa shape index (κ3) is 3.80. The predicted octanol–water partition coefficient (Wildman–Crippen LogP) is 0.502. The smallest absolute Gasteiger partial charge is 0.335 e. The van der Waals surface area contributed by atoms with Crippen molar-refractivity contribution in [3.05, 3.63) is 47.5 Å². The molecule has 2 aromatic rings. The number of hydrogen-bond acceptors (Lipinski definition) is 4. The molecule has 0 unspecified atom stereocenters. The lowest BCUT2D eigenvalue weighted by Gasteiger charge is -2.06. The topological polar surface area (TPSA) is 120 Å². The average molecular weight is 275 g/mol. The van der Waals surface area contributed by atoms with Crippen molar-refractivity contribution >= 4 is 12.0 Å². The Morgan fingerprint density at radius 3 is 2.80 bits per heavy atom. The third-order valence-corrected chi connectivity index (χ3v) is 2.50. The number of carbonyl (C=O) groups excluding carboxylic acids is 1. The maximum Gasteiger partial charge on any atom is 0.335 e. The number of nitrogens with one attached hydrogen (secondary N) is 3. The van der Waals surface area contributed by atoms with Crippen LogP contribution in [0.3, 0.4) is 0 Å². The zero-order valence-electron chi connectivity index (χ0n) is 10.5. The van der Waals surface area contributed by atoms with Crippen LogP contribution in [0.25, 0.3) is 0 Å². The quantitative estimate of drug-likeness (QED) is 0.633. The second kappa shape index (κ2) is 6.32. The lowest BCUT2D eigenvalue weighted by Crippen LogP contribution is -2.34. The fraction of sp³-hybridized carbons (Fsp3) is 0.167. The molecule has 0 bridgehead atoms. The lowest BCUT2D eigenvalue weighted by molar-refractivity contribution is 0.0696. The van der Waals surface area contributed by atoms with Gasteiger partial charge in [0.2, 0.25) is 0 Å². The first-order valence-electron chi connectivity index (χ1n) is 5.83. The minimum Gasteiger partial charge on any atom is -0.478 e. The van der Waals surface area contributed by atoms with Gasteiger partial charge in [-0.1, -0.05) is 0 Å². The number of amides is 2. The van der Waals surface area contributed by atoms with E-state index in [0.717, 1.165) is 5.56 Å². The van der Waals surface area contributed by atoms with Gasteiger partial charge in [0, 0.05) is 24.5 Å². The molecule has 0 atom stereocenters. The predicted molar refractivity (Wildman–Crippen MR) is 68.9 cm³/mol. The second-order valence-corrected chi connectivity index (χ2v) is 3.98. The molecular formula is C12H13N5O3. The Kier molecular flexibility index (Phi) is 4.28. The fourth-order valence-corrected chi connectivity index (χ4v) is 1.50. The summed E-state index contributed by atoms with van der Waals surface area (Å²) in [4.78, 5) is 26.3. The van der Waals surface area contributed by atoms with Gasteiger partial charge in [0.15, 0.2) is 0 Å². The van der Waals surface area contributed by atoms with E-state index in [2.05, 4.69) is 25.8 Å². The highest BCUT2D eigenvalue weighted by atomic mass is 16.4. The summed E-state index contributed by atoms with van der Waals surface area (Å²) in [5.74, 6) is -1.03. The Hall–Kier alpha value is -2.90. The highest BCUT2D eigenvalue weighted by Gasteiger charge is 2.06. The molecule has 0 aromatic carbocycles. The van der Waals surface area contributed by atoms with E-state index < -0.39 is 5.97 Å². The monoisotopic (exact) mass is 275 g/mol. The van der Waals surface area contributed by atoms with Crippen LogP contribution in [0.4, 0.5) is 4.79 Å². The Labute approximate surface area is 114 Å². The molecular weight excluding hydrogens is 262 g/mol. The number of H-pyrrole nitrogens is 1. The second-order valence-electron chi connectivity index (χ2n) is 3.98. The molecule has 20 heavy (non-hydrogen) atoms. The maximum atomic E-state index is 11.5. The first kappa shape index (κ1) is 13.5. The molecule has 8 heteroatoms. The number of hydrogen-bond donors (Lipinski definition) is 4. The number of carboxylic acids is 1. The molecule has 8 nitrogen and oxygen atoms in total. The van der Waals surface area contributed by atoms with Crippen molar-refractivity contribution in [3.8, 4) is 0 Å². The van der Waals surface area contributed by atoms with E-state index in [9.17, 15) is 9.59 Å². The van der Waals surface area contributed by atoms with Gasteiger partial charge in [-0.2, -0.15) is 5.10 Å². The van der Waals surface area contributed by atoms with Crippen LogP contribution in [0, 0.1) is 0 Å². The summed E-state index contributed by atoms with van der Waals surface area (Å²) in [7, 11) is 0. The molecule has 0 spiro atoms. The average Bonchev–Trinajstić information content (AvgIpc) is 2.96. The Bertz CT molecular complexity index is 597. The van der Waals surface area contributed by atoms with Crippen LogP contribution in [0.5, 0.6) is 0 Å². The molecule has 0 saturated heterocycles. The van der Waals surface area contributed by atoms with Gasteiger partial charge in [0.1, 0.15) is 0 Å². The molecule has 2 amide bonds. The molecule has 0 saturated carbocycles. The number of rotatable bonds is 5. The van der Waals surface area contributed by atoms with E-state index in [1.54, 1.807) is 12.4 Å². The number of aromatic carboxylic acids is 1. The number of urea groups is 1. The number of carbonyl (C=O) groups is 2. The standard InChI is InChI=1S/C12H13N5O3/c18-11(19)9-1-2-13-10(3-9)7-15-12(20)14-4-8-5-16-17-6-8/h1-3,5-6H,4,7H2,(H,16,17)(H,18,19)(H2,14,15,20). The van der Waals surface area contributed by atoms with Crippen molar-refractivity contribution < 1.29 is 14.7 Å². The van der Waals surface area contributed by atoms with Crippen LogP contribution >= 0.6 is 0 Å². The van der Waals surface area contributed by atoms with Crippen molar-refractivity contribution in [1.82, 2.24) is 25.8 Å².